The minimum Gasteiger partial charge on any atom is -0.497 e. The number of benzene rings is 3. The number of aromatic nitrogens is 4. The molecule has 50 heavy (non-hydrogen) atoms. The van der Waals surface area contributed by atoms with Crippen LogP contribution in [-0.4, -0.2) is 26.4 Å². The van der Waals surface area contributed by atoms with Crippen molar-refractivity contribution < 1.29 is 9.47 Å². The normalized spacial score (nSPS) is 16.2. The SMILES string of the molecule is CCCc1cc(Oc2ccc3c4ccccc4n(-c4cc(OC)ccn4)c3c2)cc(-n2nc(CCC)c([C@@H]3C(C)=CCC[C@@H]3C)c2CCC)c1. The Labute approximate surface area is 296 Å². The summed E-state index contributed by atoms with van der Waals surface area (Å²) in [6.45, 7) is 11.5. The van der Waals surface area contributed by atoms with Gasteiger partial charge in [-0.2, -0.15) is 5.10 Å². The first-order chi connectivity index (χ1) is 24.4. The van der Waals surface area contributed by atoms with E-state index in [0.717, 1.165) is 83.7 Å². The van der Waals surface area contributed by atoms with Gasteiger partial charge in [0.2, 0.25) is 0 Å². The topological polar surface area (TPSA) is 54.1 Å². The lowest BCUT2D eigenvalue weighted by Gasteiger charge is -2.30. The van der Waals surface area contributed by atoms with E-state index in [1.54, 1.807) is 13.3 Å². The van der Waals surface area contributed by atoms with Gasteiger partial charge in [0.25, 0.3) is 0 Å². The molecule has 3 aromatic carbocycles. The van der Waals surface area contributed by atoms with E-state index in [1.807, 2.05) is 12.1 Å². The zero-order valence-electron chi connectivity index (χ0n) is 30.5. The third kappa shape index (κ3) is 6.32. The average Bonchev–Trinajstić information content (AvgIpc) is 3.63. The van der Waals surface area contributed by atoms with Crippen LogP contribution >= 0.6 is 0 Å². The smallest absolute Gasteiger partial charge is 0.141 e. The third-order valence-corrected chi connectivity index (χ3v) is 10.3. The lowest BCUT2D eigenvalue weighted by molar-refractivity contribution is 0.414. The van der Waals surface area contributed by atoms with Gasteiger partial charge in [0, 0.05) is 52.3 Å². The second-order valence-electron chi connectivity index (χ2n) is 14.0. The molecule has 0 radical (unpaired) electrons. The van der Waals surface area contributed by atoms with Crippen LogP contribution < -0.4 is 9.47 Å². The Balaban J connectivity index is 1.35. The molecule has 0 unspecified atom stereocenters. The van der Waals surface area contributed by atoms with Crippen molar-refractivity contribution in [2.45, 2.75) is 91.9 Å². The maximum absolute atomic E-state index is 6.79. The van der Waals surface area contributed by atoms with Crippen molar-refractivity contribution in [3.63, 3.8) is 0 Å². The summed E-state index contributed by atoms with van der Waals surface area (Å²) in [5.74, 6) is 4.20. The van der Waals surface area contributed by atoms with Gasteiger partial charge in [-0.3, -0.25) is 4.57 Å². The van der Waals surface area contributed by atoms with Gasteiger partial charge < -0.3 is 9.47 Å². The van der Waals surface area contributed by atoms with Crippen LogP contribution in [-0.2, 0) is 19.3 Å². The van der Waals surface area contributed by atoms with Crippen molar-refractivity contribution in [3.05, 3.63) is 113 Å². The molecule has 0 amide bonds. The van der Waals surface area contributed by atoms with Gasteiger partial charge in [-0.05, 0) is 86.9 Å². The molecule has 0 spiro atoms. The molecule has 1 aliphatic carbocycles. The fraction of sp³-hybridized carbons (Fsp3) is 0.364. The Kier molecular flexibility index (Phi) is 9.80. The van der Waals surface area contributed by atoms with Crippen LogP contribution in [0.4, 0.5) is 0 Å². The molecule has 3 heterocycles. The Morgan fingerprint density at radius 1 is 0.800 bits per heavy atom. The largest absolute Gasteiger partial charge is 0.497 e. The summed E-state index contributed by atoms with van der Waals surface area (Å²) in [7, 11) is 1.69. The Morgan fingerprint density at radius 3 is 2.38 bits per heavy atom. The highest BCUT2D eigenvalue weighted by Gasteiger charge is 2.31. The van der Waals surface area contributed by atoms with E-state index in [2.05, 4.69) is 111 Å². The molecule has 0 bridgehead atoms. The van der Waals surface area contributed by atoms with Crippen molar-refractivity contribution >= 4 is 21.8 Å². The number of rotatable bonds is 12. The van der Waals surface area contributed by atoms with E-state index in [0.29, 0.717) is 11.8 Å². The van der Waals surface area contributed by atoms with Crippen molar-refractivity contribution in [2.24, 2.45) is 5.92 Å². The van der Waals surface area contributed by atoms with E-state index in [1.165, 1.54) is 46.3 Å². The van der Waals surface area contributed by atoms with Gasteiger partial charge in [-0.25, -0.2) is 9.67 Å². The quantitative estimate of drug-likeness (QED) is 0.122. The van der Waals surface area contributed by atoms with E-state index >= 15 is 0 Å². The van der Waals surface area contributed by atoms with Gasteiger partial charge in [-0.15, -0.1) is 0 Å². The maximum Gasteiger partial charge on any atom is 0.141 e. The first-order valence-electron chi connectivity index (χ1n) is 18.6. The van der Waals surface area contributed by atoms with Gasteiger partial charge >= 0.3 is 0 Å². The van der Waals surface area contributed by atoms with Crippen LogP contribution in [0.25, 0.3) is 33.3 Å². The summed E-state index contributed by atoms with van der Waals surface area (Å²) in [5.41, 5.74) is 10.1. The number of hydrogen-bond acceptors (Lipinski definition) is 4. The highest BCUT2D eigenvalue weighted by Crippen LogP contribution is 2.43. The number of aryl methyl sites for hydroxylation is 2. The van der Waals surface area contributed by atoms with E-state index < -0.39 is 0 Å². The standard InChI is InChI=1S/C44H50N4O2/c1-7-13-31-24-32(48-40(15-9-3)44(38(46-48)14-8-2)43-29(4)16-12-17-30(43)5)26-35(25-31)50-34-20-21-37-36-18-10-11-19-39(36)47(41(37)27-34)42-28-33(49-6)22-23-45-42/h10-11,16,18-28,30,43H,7-9,12-15,17H2,1-6H3/t30-,43+/m0/s1. The monoisotopic (exact) mass is 666 g/mol. The first-order valence-corrected chi connectivity index (χ1v) is 18.6. The molecule has 1 aliphatic rings. The molecule has 6 heteroatoms. The zero-order valence-corrected chi connectivity index (χ0v) is 30.5. The van der Waals surface area contributed by atoms with E-state index in [4.69, 9.17) is 19.6 Å². The average molecular weight is 667 g/mol. The molecular formula is C44H50N4O2. The van der Waals surface area contributed by atoms with Crippen LogP contribution in [0.15, 0.2) is 90.6 Å². The molecule has 0 fully saturated rings. The second kappa shape index (κ2) is 14.6. The number of fused-ring (bicyclic) bond motifs is 3. The minimum absolute atomic E-state index is 0.424. The van der Waals surface area contributed by atoms with Crippen LogP contribution in [0.2, 0.25) is 0 Å². The number of para-hydroxylation sites is 1. The molecule has 0 N–H and O–H groups in total. The Hall–Kier alpha value is -4.84. The molecule has 7 rings (SSSR count). The Morgan fingerprint density at radius 2 is 1.60 bits per heavy atom. The van der Waals surface area contributed by atoms with E-state index in [-0.39, 0.29) is 0 Å². The van der Waals surface area contributed by atoms with Crippen molar-refractivity contribution in [3.8, 4) is 28.8 Å². The van der Waals surface area contributed by atoms with Crippen molar-refractivity contribution in [2.75, 3.05) is 7.11 Å². The predicted molar refractivity (Wildman–Crippen MR) is 206 cm³/mol. The summed E-state index contributed by atoms with van der Waals surface area (Å²) in [4.78, 5) is 4.74. The summed E-state index contributed by atoms with van der Waals surface area (Å²) in [5, 5.41) is 7.74. The summed E-state index contributed by atoms with van der Waals surface area (Å²) >= 11 is 0. The lowest BCUT2D eigenvalue weighted by Crippen LogP contribution is -2.18. The molecule has 6 nitrogen and oxygen atoms in total. The summed E-state index contributed by atoms with van der Waals surface area (Å²) in [6.07, 6.45) is 12.8. The van der Waals surface area contributed by atoms with Crippen LogP contribution in [0.1, 0.15) is 95.2 Å². The van der Waals surface area contributed by atoms with Crippen LogP contribution in [0.3, 0.4) is 0 Å². The number of allylic oxidation sites excluding steroid dienone is 2. The summed E-state index contributed by atoms with van der Waals surface area (Å²) in [6, 6.07) is 25.4. The van der Waals surface area contributed by atoms with Crippen molar-refractivity contribution in [1.82, 2.24) is 19.3 Å². The molecule has 2 atom stereocenters. The zero-order chi connectivity index (χ0) is 34.8. The number of pyridine rings is 1. The van der Waals surface area contributed by atoms with E-state index in [9.17, 15) is 0 Å². The number of methoxy groups -OCH3 is 1. The Bertz CT molecular complexity index is 2170. The van der Waals surface area contributed by atoms with Gasteiger partial charge in [0.15, 0.2) is 0 Å². The number of ether oxygens (including phenoxy) is 2. The van der Waals surface area contributed by atoms with Crippen LogP contribution in [0, 0.1) is 5.92 Å². The maximum atomic E-state index is 6.79. The van der Waals surface area contributed by atoms with Crippen molar-refractivity contribution in [1.29, 1.82) is 0 Å². The molecule has 0 aliphatic heterocycles. The predicted octanol–water partition coefficient (Wildman–Crippen LogP) is 11.5. The first kappa shape index (κ1) is 33.6. The van der Waals surface area contributed by atoms with Gasteiger partial charge in [0.05, 0.1) is 29.5 Å². The van der Waals surface area contributed by atoms with Crippen LogP contribution in [0.5, 0.6) is 17.2 Å². The van der Waals surface area contributed by atoms with Gasteiger partial charge in [0.1, 0.15) is 23.1 Å². The lowest BCUT2D eigenvalue weighted by atomic mass is 9.74. The fourth-order valence-electron chi connectivity index (χ4n) is 8.12. The summed E-state index contributed by atoms with van der Waals surface area (Å²) < 4.78 is 16.8. The number of hydrogen-bond donors (Lipinski definition) is 0. The second-order valence-corrected chi connectivity index (χ2v) is 14.0. The van der Waals surface area contributed by atoms with Gasteiger partial charge in [-0.1, -0.05) is 76.8 Å². The fourth-order valence-corrected chi connectivity index (χ4v) is 8.12. The molecule has 0 saturated heterocycles. The minimum atomic E-state index is 0.424. The molecular weight excluding hydrogens is 617 g/mol. The highest BCUT2D eigenvalue weighted by atomic mass is 16.5. The molecule has 6 aromatic rings. The molecule has 0 saturated carbocycles. The number of nitrogens with zero attached hydrogens (tertiary/aromatic N) is 4. The highest BCUT2D eigenvalue weighted by molar-refractivity contribution is 6.09. The molecule has 3 aromatic heterocycles. The third-order valence-electron chi connectivity index (χ3n) is 10.3. The molecule has 258 valence electrons.